The zero-order chi connectivity index (χ0) is 16.8. The molecule has 2 aliphatic heterocycles. The number of amides is 2. The highest BCUT2D eigenvalue weighted by Gasteiger charge is 2.35. The number of aromatic nitrogens is 2. The summed E-state index contributed by atoms with van der Waals surface area (Å²) in [5, 5.41) is 2.92. The maximum atomic E-state index is 12.7. The minimum absolute atomic E-state index is 0.0169. The van der Waals surface area contributed by atoms with E-state index in [1.807, 2.05) is 24.8 Å². The number of hydrogen-bond acceptors (Lipinski definition) is 3. The number of rotatable bonds is 2. The summed E-state index contributed by atoms with van der Waals surface area (Å²) in [7, 11) is 0. The van der Waals surface area contributed by atoms with Crippen molar-refractivity contribution in [3.8, 4) is 0 Å². The monoisotopic (exact) mass is 324 g/mol. The van der Waals surface area contributed by atoms with Gasteiger partial charge in [0.1, 0.15) is 0 Å². The predicted molar refractivity (Wildman–Crippen MR) is 89.6 cm³/mol. The molecule has 124 valence electrons. The van der Waals surface area contributed by atoms with E-state index in [2.05, 4.69) is 21.4 Å². The minimum atomic E-state index is -0.392. The van der Waals surface area contributed by atoms with Gasteiger partial charge in [0.05, 0.1) is 30.2 Å². The Morgan fingerprint density at radius 2 is 2.21 bits per heavy atom. The first-order chi connectivity index (χ1) is 11.5. The normalized spacial score (nSPS) is 19.0. The van der Waals surface area contributed by atoms with Gasteiger partial charge in [0.25, 0.3) is 0 Å². The molecule has 24 heavy (non-hydrogen) atoms. The van der Waals surface area contributed by atoms with Crippen LogP contribution in [0.2, 0.25) is 0 Å². The molecule has 2 N–H and O–H groups in total. The van der Waals surface area contributed by atoms with E-state index in [4.69, 9.17) is 0 Å². The molecule has 0 saturated heterocycles. The van der Waals surface area contributed by atoms with Crippen LogP contribution in [0.3, 0.4) is 0 Å². The summed E-state index contributed by atoms with van der Waals surface area (Å²) < 4.78 is 0. The van der Waals surface area contributed by atoms with Gasteiger partial charge in [0.2, 0.25) is 11.8 Å². The number of carbonyl (C=O) groups is 2. The van der Waals surface area contributed by atoms with Gasteiger partial charge in [0.15, 0.2) is 0 Å². The summed E-state index contributed by atoms with van der Waals surface area (Å²) in [5.41, 5.74) is 6.03. The molecule has 0 fully saturated rings. The fourth-order valence-corrected chi connectivity index (χ4v) is 3.82. The van der Waals surface area contributed by atoms with Crippen molar-refractivity contribution in [2.75, 3.05) is 11.9 Å². The third-order valence-electron chi connectivity index (χ3n) is 4.96. The molecule has 6 nitrogen and oxygen atoms in total. The van der Waals surface area contributed by atoms with Crippen LogP contribution in [0, 0.1) is 13.8 Å². The number of fused-ring (bicyclic) bond motifs is 2. The summed E-state index contributed by atoms with van der Waals surface area (Å²) in [6.07, 6.45) is 2.65. The Morgan fingerprint density at radius 1 is 1.38 bits per heavy atom. The number of benzene rings is 1. The van der Waals surface area contributed by atoms with E-state index in [0.717, 1.165) is 40.2 Å². The van der Waals surface area contributed by atoms with Gasteiger partial charge in [-0.05, 0) is 36.6 Å². The average Bonchev–Trinajstić information content (AvgIpc) is 3.11. The maximum absolute atomic E-state index is 12.7. The fraction of sp³-hybridized carbons (Fsp3) is 0.389. The van der Waals surface area contributed by atoms with E-state index in [1.54, 1.807) is 6.33 Å². The van der Waals surface area contributed by atoms with Crippen LogP contribution in [-0.4, -0.2) is 33.2 Å². The Kier molecular flexibility index (Phi) is 3.40. The van der Waals surface area contributed by atoms with Crippen molar-refractivity contribution in [1.29, 1.82) is 0 Å². The molecule has 1 aromatic heterocycles. The molecule has 0 radical (unpaired) electrons. The number of nitrogens with one attached hydrogen (secondary N) is 2. The first kappa shape index (κ1) is 14.9. The van der Waals surface area contributed by atoms with Gasteiger partial charge in [-0.3, -0.25) is 9.59 Å². The standard InChI is InChI=1S/C18H20N4O2/c1-10-5-11(2)17-12(18(24)21-14(17)6-10)7-16(23)22-4-3-13-15(8-22)20-9-19-13/h5-6,9,12H,3-4,7-8H2,1-2H3,(H,19,20)(H,21,24). The van der Waals surface area contributed by atoms with Gasteiger partial charge in [-0.15, -0.1) is 0 Å². The van der Waals surface area contributed by atoms with E-state index in [-0.39, 0.29) is 18.2 Å². The average molecular weight is 324 g/mol. The number of aryl methyl sites for hydroxylation is 2. The smallest absolute Gasteiger partial charge is 0.232 e. The largest absolute Gasteiger partial charge is 0.347 e. The van der Waals surface area contributed by atoms with Crippen LogP contribution in [0.1, 0.15) is 40.4 Å². The van der Waals surface area contributed by atoms with Crippen molar-refractivity contribution < 1.29 is 9.59 Å². The van der Waals surface area contributed by atoms with Crippen LogP contribution in [0.5, 0.6) is 0 Å². The van der Waals surface area contributed by atoms with E-state index in [1.165, 1.54) is 0 Å². The molecule has 0 saturated carbocycles. The first-order valence-corrected chi connectivity index (χ1v) is 8.24. The van der Waals surface area contributed by atoms with Crippen LogP contribution in [0.15, 0.2) is 18.5 Å². The van der Waals surface area contributed by atoms with Crippen molar-refractivity contribution in [1.82, 2.24) is 14.9 Å². The van der Waals surface area contributed by atoms with Crippen LogP contribution in [-0.2, 0) is 22.6 Å². The van der Waals surface area contributed by atoms with Crippen molar-refractivity contribution >= 4 is 17.5 Å². The van der Waals surface area contributed by atoms with Crippen molar-refractivity contribution in [2.45, 2.75) is 39.2 Å². The third kappa shape index (κ3) is 2.38. The number of anilines is 1. The SMILES string of the molecule is Cc1cc(C)c2c(c1)NC(=O)C2CC(=O)N1CCc2nc[nH]c2C1. The second-order valence-electron chi connectivity index (χ2n) is 6.68. The number of imidazole rings is 1. The Balaban J connectivity index is 1.54. The number of aromatic amines is 1. The molecule has 0 spiro atoms. The highest BCUT2D eigenvalue weighted by Crippen LogP contribution is 2.38. The van der Waals surface area contributed by atoms with E-state index >= 15 is 0 Å². The molecule has 2 amide bonds. The molecular weight excluding hydrogens is 304 g/mol. The summed E-state index contributed by atoms with van der Waals surface area (Å²) >= 11 is 0. The topological polar surface area (TPSA) is 78.1 Å². The first-order valence-electron chi connectivity index (χ1n) is 8.24. The Hall–Kier alpha value is -2.63. The quantitative estimate of drug-likeness (QED) is 0.887. The molecule has 3 heterocycles. The van der Waals surface area contributed by atoms with Crippen molar-refractivity contribution in [3.05, 3.63) is 46.5 Å². The maximum Gasteiger partial charge on any atom is 0.232 e. The molecular formula is C18H20N4O2. The fourth-order valence-electron chi connectivity index (χ4n) is 3.82. The molecule has 1 atom stereocenters. The second-order valence-corrected chi connectivity index (χ2v) is 6.68. The third-order valence-corrected chi connectivity index (χ3v) is 4.96. The van der Waals surface area contributed by atoms with E-state index < -0.39 is 5.92 Å². The summed E-state index contributed by atoms with van der Waals surface area (Å²) in [6, 6.07) is 4.04. The summed E-state index contributed by atoms with van der Waals surface area (Å²) in [4.78, 5) is 34.3. The van der Waals surface area contributed by atoms with E-state index in [0.29, 0.717) is 13.1 Å². The van der Waals surface area contributed by atoms with Crippen LogP contribution in [0.4, 0.5) is 5.69 Å². The summed E-state index contributed by atoms with van der Waals surface area (Å²) in [5.74, 6) is -0.453. The van der Waals surface area contributed by atoms with Gasteiger partial charge < -0.3 is 15.2 Å². The Morgan fingerprint density at radius 3 is 3.04 bits per heavy atom. The Bertz CT molecular complexity index is 840. The number of H-pyrrole nitrogens is 1. The summed E-state index contributed by atoms with van der Waals surface area (Å²) in [6.45, 7) is 5.21. The zero-order valence-corrected chi connectivity index (χ0v) is 13.8. The van der Waals surface area contributed by atoms with Crippen LogP contribution in [0.25, 0.3) is 0 Å². The van der Waals surface area contributed by atoms with Crippen LogP contribution < -0.4 is 5.32 Å². The van der Waals surface area contributed by atoms with Crippen molar-refractivity contribution in [2.24, 2.45) is 0 Å². The highest BCUT2D eigenvalue weighted by atomic mass is 16.2. The molecule has 0 aliphatic carbocycles. The lowest BCUT2D eigenvalue weighted by Gasteiger charge is -2.27. The van der Waals surface area contributed by atoms with Gasteiger partial charge in [-0.2, -0.15) is 0 Å². The lowest BCUT2D eigenvalue weighted by atomic mass is 9.91. The number of nitrogens with zero attached hydrogens (tertiary/aromatic N) is 2. The van der Waals surface area contributed by atoms with Gasteiger partial charge in [-0.25, -0.2) is 4.98 Å². The van der Waals surface area contributed by atoms with Gasteiger partial charge in [0, 0.05) is 25.1 Å². The molecule has 6 heteroatoms. The van der Waals surface area contributed by atoms with Gasteiger partial charge in [-0.1, -0.05) is 6.07 Å². The zero-order valence-electron chi connectivity index (χ0n) is 13.8. The highest BCUT2D eigenvalue weighted by molar-refractivity contribution is 6.05. The molecule has 2 aromatic rings. The molecule has 0 bridgehead atoms. The van der Waals surface area contributed by atoms with Crippen LogP contribution >= 0.6 is 0 Å². The lowest BCUT2D eigenvalue weighted by molar-refractivity contribution is -0.134. The number of carbonyl (C=O) groups excluding carboxylic acids is 2. The molecule has 1 unspecified atom stereocenters. The minimum Gasteiger partial charge on any atom is -0.347 e. The van der Waals surface area contributed by atoms with Gasteiger partial charge >= 0.3 is 0 Å². The molecule has 4 rings (SSSR count). The Labute approximate surface area is 140 Å². The molecule has 1 aromatic carbocycles. The van der Waals surface area contributed by atoms with E-state index in [9.17, 15) is 9.59 Å². The molecule has 2 aliphatic rings. The predicted octanol–water partition coefficient (Wildman–Crippen LogP) is 2.04. The number of hydrogen-bond donors (Lipinski definition) is 2. The second kappa shape index (κ2) is 5.47. The van der Waals surface area contributed by atoms with Crippen molar-refractivity contribution in [3.63, 3.8) is 0 Å². The lowest BCUT2D eigenvalue weighted by Crippen LogP contribution is -2.37.